The minimum absolute atomic E-state index is 0.263. The van der Waals surface area contributed by atoms with Crippen molar-refractivity contribution in [1.29, 1.82) is 0 Å². The van der Waals surface area contributed by atoms with Crippen LogP contribution in [0, 0.1) is 0 Å². The highest BCUT2D eigenvalue weighted by Crippen LogP contribution is 2.38. The van der Waals surface area contributed by atoms with Gasteiger partial charge in [0, 0.05) is 13.0 Å². The number of fused-ring (bicyclic) bond motifs is 2. The van der Waals surface area contributed by atoms with E-state index in [0.717, 1.165) is 0 Å². The first-order valence-electron chi connectivity index (χ1n) is 7.18. The van der Waals surface area contributed by atoms with Crippen LogP contribution in [0.2, 0.25) is 0 Å². The summed E-state index contributed by atoms with van der Waals surface area (Å²) < 4.78 is 40.4. The number of rotatable bonds is 6. The number of nitrogens with zero attached hydrogens (tertiary/aromatic N) is 4. The Kier molecular flexibility index (Phi) is 4.23. The lowest BCUT2D eigenvalue weighted by Crippen LogP contribution is -2.35. The second-order valence-electron chi connectivity index (χ2n) is 5.44. The number of hydrogen-bond acceptors (Lipinski definition) is 8. The Morgan fingerprint density at radius 2 is 2.17 bits per heavy atom. The number of nitrogens with two attached hydrogens (primary N) is 1. The first-order chi connectivity index (χ1) is 10.9. The van der Waals surface area contributed by atoms with E-state index in [9.17, 15) is 13.2 Å². The third-order valence-corrected chi connectivity index (χ3v) is 4.21. The minimum atomic E-state index is -4.75. The number of piperidine rings is 1. The van der Waals surface area contributed by atoms with Crippen LogP contribution in [0.15, 0.2) is 4.42 Å². The van der Waals surface area contributed by atoms with Crippen LogP contribution >= 0.6 is 0 Å². The van der Waals surface area contributed by atoms with Crippen LogP contribution in [-0.4, -0.2) is 58.3 Å². The number of hydroxylamine groups is 2. The van der Waals surface area contributed by atoms with Gasteiger partial charge < -0.3 is 15.1 Å². The fourth-order valence-corrected chi connectivity index (χ4v) is 3.23. The summed E-state index contributed by atoms with van der Waals surface area (Å²) in [6.45, 7) is 0.773. The van der Waals surface area contributed by atoms with Crippen molar-refractivity contribution in [3.8, 4) is 0 Å². The van der Waals surface area contributed by atoms with Crippen molar-refractivity contribution < 1.29 is 26.5 Å². The highest BCUT2D eigenvalue weighted by Gasteiger charge is 2.49. The average molecular weight is 347 g/mol. The monoisotopic (exact) mass is 347 g/mol. The summed E-state index contributed by atoms with van der Waals surface area (Å²) in [5.74, 6) is 0.753. The number of carbonyl (C=O) groups is 1. The molecule has 2 atom stereocenters. The summed E-state index contributed by atoms with van der Waals surface area (Å²) in [7, 11) is -4.75. The number of aryl methyl sites for hydroxylation is 1. The summed E-state index contributed by atoms with van der Waals surface area (Å²) in [5.41, 5.74) is 5.43. The average Bonchev–Trinajstić information content (AvgIpc) is 3.04. The van der Waals surface area contributed by atoms with Crippen molar-refractivity contribution in [2.24, 2.45) is 5.73 Å². The third kappa shape index (κ3) is 3.29. The van der Waals surface area contributed by atoms with E-state index < -0.39 is 28.5 Å². The minimum Gasteiger partial charge on any atom is -0.423 e. The van der Waals surface area contributed by atoms with Crippen molar-refractivity contribution in [3.05, 3.63) is 11.8 Å². The van der Waals surface area contributed by atoms with Gasteiger partial charge in [-0.25, -0.2) is 4.79 Å². The van der Waals surface area contributed by atoms with E-state index in [1.54, 1.807) is 0 Å². The fraction of sp³-hybridized carbons (Fsp3) is 0.727. The van der Waals surface area contributed by atoms with Crippen molar-refractivity contribution in [2.75, 3.05) is 13.1 Å². The predicted molar refractivity (Wildman–Crippen MR) is 74.0 cm³/mol. The van der Waals surface area contributed by atoms with Gasteiger partial charge in [-0.2, -0.15) is 13.5 Å². The van der Waals surface area contributed by atoms with E-state index >= 15 is 0 Å². The molecule has 0 saturated carbocycles. The van der Waals surface area contributed by atoms with Crippen LogP contribution in [-0.2, 0) is 21.1 Å². The summed E-state index contributed by atoms with van der Waals surface area (Å²) in [5, 5.41) is 8.57. The Labute approximate surface area is 132 Å². The van der Waals surface area contributed by atoms with E-state index in [-0.39, 0.29) is 6.54 Å². The zero-order valence-electron chi connectivity index (χ0n) is 12.2. The Bertz CT molecular complexity index is 691. The van der Waals surface area contributed by atoms with Crippen LogP contribution in [0.5, 0.6) is 0 Å². The SMILES string of the molecule is NCCCc1nnc([C@@H]2CC[C@@H]3CN2C(=O)N3OS(=O)(=O)O)o1. The summed E-state index contributed by atoms with van der Waals surface area (Å²) in [6, 6.07) is -1.54. The number of hydrogen-bond donors (Lipinski definition) is 2. The second-order valence-corrected chi connectivity index (χ2v) is 6.44. The Morgan fingerprint density at radius 1 is 1.39 bits per heavy atom. The van der Waals surface area contributed by atoms with Gasteiger partial charge in [-0.05, 0) is 25.8 Å². The van der Waals surface area contributed by atoms with Crippen LogP contribution in [0.25, 0.3) is 0 Å². The number of aromatic nitrogens is 2. The summed E-state index contributed by atoms with van der Waals surface area (Å²) in [6.07, 6.45) is 2.29. The topological polar surface area (TPSA) is 152 Å². The first kappa shape index (κ1) is 16.1. The molecule has 2 fully saturated rings. The van der Waals surface area contributed by atoms with Gasteiger partial charge in [-0.1, -0.05) is 0 Å². The quantitative estimate of drug-likeness (QED) is 0.657. The maximum absolute atomic E-state index is 12.3. The largest absolute Gasteiger partial charge is 0.423 e. The molecule has 0 unspecified atom stereocenters. The molecule has 2 saturated heterocycles. The van der Waals surface area contributed by atoms with Gasteiger partial charge in [0.15, 0.2) is 0 Å². The van der Waals surface area contributed by atoms with Gasteiger partial charge in [0.25, 0.3) is 0 Å². The molecule has 128 valence electrons. The Hall–Kier alpha value is -1.76. The molecule has 3 rings (SSSR count). The lowest BCUT2D eigenvalue weighted by molar-refractivity contribution is -0.0317. The fourth-order valence-electron chi connectivity index (χ4n) is 2.84. The van der Waals surface area contributed by atoms with Gasteiger partial charge in [0.2, 0.25) is 11.8 Å². The molecule has 1 aromatic heterocycles. The predicted octanol–water partition coefficient (Wildman–Crippen LogP) is -0.364. The molecule has 2 bridgehead atoms. The maximum atomic E-state index is 12.3. The molecule has 12 heteroatoms. The first-order valence-corrected chi connectivity index (χ1v) is 8.54. The van der Waals surface area contributed by atoms with E-state index in [1.165, 1.54) is 4.90 Å². The number of amides is 2. The molecule has 1 aromatic rings. The van der Waals surface area contributed by atoms with Crippen molar-refractivity contribution >= 4 is 16.4 Å². The highest BCUT2D eigenvalue weighted by atomic mass is 32.3. The summed E-state index contributed by atoms with van der Waals surface area (Å²) in [4.78, 5) is 13.7. The molecular formula is C11H17N5O6S. The van der Waals surface area contributed by atoms with E-state index in [2.05, 4.69) is 14.5 Å². The molecule has 2 amide bonds. The van der Waals surface area contributed by atoms with Gasteiger partial charge in [-0.15, -0.1) is 14.5 Å². The molecule has 2 aliphatic heterocycles. The van der Waals surface area contributed by atoms with E-state index in [4.69, 9.17) is 14.7 Å². The second kappa shape index (κ2) is 6.03. The van der Waals surface area contributed by atoms with Crippen LogP contribution in [0.3, 0.4) is 0 Å². The molecule has 0 aliphatic carbocycles. The molecule has 11 nitrogen and oxygen atoms in total. The zero-order chi connectivity index (χ0) is 16.6. The lowest BCUT2D eigenvalue weighted by atomic mass is 10.0. The van der Waals surface area contributed by atoms with Gasteiger partial charge in [0.05, 0.1) is 6.04 Å². The molecule has 0 radical (unpaired) electrons. The zero-order valence-corrected chi connectivity index (χ0v) is 13.0. The third-order valence-electron chi connectivity index (χ3n) is 3.86. The van der Waals surface area contributed by atoms with Gasteiger partial charge in [0.1, 0.15) is 6.04 Å². The Balaban J connectivity index is 1.74. The van der Waals surface area contributed by atoms with Crippen molar-refractivity contribution in [3.63, 3.8) is 0 Å². The van der Waals surface area contributed by atoms with Crippen LogP contribution in [0.4, 0.5) is 4.79 Å². The number of carbonyl (C=O) groups excluding carboxylic acids is 1. The lowest BCUT2D eigenvalue weighted by Gasteiger charge is -2.27. The molecular weight excluding hydrogens is 330 g/mol. The van der Waals surface area contributed by atoms with Crippen molar-refractivity contribution in [2.45, 2.75) is 37.8 Å². The van der Waals surface area contributed by atoms with Gasteiger partial charge in [-0.3, -0.25) is 4.55 Å². The summed E-state index contributed by atoms with van der Waals surface area (Å²) >= 11 is 0. The smallest absolute Gasteiger partial charge is 0.418 e. The van der Waals surface area contributed by atoms with Crippen LogP contribution < -0.4 is 5.73 Å². The van der Waals surface area contributed by atoms with E-state index in [0.29, 0.717) is 49.1 Å². The normalized spacial score (nSPS) is 24.5. The molecule has 3 N–H and O–H groups in total. The molecule has 2 aliphatic rings. The molecule has 3 heterocycles. The molecule has 0 aromatic carbocycles. The number of urea groups is 1. The van der Waals surface area contributed by atoms with E-state index in [1.807, 2.05) is 0 Å². The van der Waals surface area contributed by atoms with Gasteiger partial charge >= 0.3 is 16.4 Å². The van der Waals surface area contributed by atoms with Crippen LogP contribution in [0.1, 0.15) is 37.1 Å². The standard InChI is InChI=1S/C11H17N5O6S/c12-5-1-2-9-13-14-10(21-9)8-4-3-7-6-15(8)11(17)16(7)22-23(18,19)20/h7-8H,1-6,12H2,(H,18,19,20)/t7-,8+/m1/s1. The Morgan fingerprint density at radius 3 is 2.87 bits per heavy atom. The highest BCUT2D eigenvalue weighted by molar-refractivity contribution is 7.80. The molecule has 0 spiro atoms. The van der Waals surface area contributed by atoms with Crippen molar-refractivity contribution in [1.82, 2.24) is 20.2 Å². The molecule has 23 heavy (non-hydrogen) atoms. The maximum Gasteiger partial charge on any atom is 0.418 e.